The second kappa shape index (κ2) is 8.32. The van der Waals surface area contributed by atoms with Crippen LogP contribution < -0.4 is 10.1 Å². The molecule has 2 heterocycles. The number of nitrogens with one attached hydrogen (secondary N) is 1. The Kier molecular flexibility index (Phi) is 6.02. The number of rotatable bonds is 4. The van der Waals surface area contributed by atoms with Crippen molar-refractivity contribution in [2.75, 3.05) is 19.4 Å². The van der Waals surface area contributed by atoms with Gasteiger partial charge in [-0.3, -0.25) is 24.2 Å². The molecule has 8 nitrogen and oxygen atoms in total. The lowest BCUT2D eigenvalue weighted by molar-refractivity contribution is -0.149. The summed E-state index contributed by atoms with van der Waals surface area (Å²) in [5.74, 6) is -3.04. The van der Waals surface area contributed by atoms with Gasteiger partial charge >= 0.3 is 0 Å². The summed E-state index contributed by atoms with van der Waals surface area (Å²) in [4.78, 5) is 43.3. The normalized spacial score (nSPS) is 15.0. The Balaban J connectivity index is 1.70. The fourth-order valence-corrected chi connectivity index (χ4v) is 3.14. The average Bonchev–Trinajstić information content (AvgIpc) is 2.68. The van der Waals surface area contributed by atoms with Crippen molar-refractivity contribution in [2.24, 2.45) is 5.92 Å². The number of nitrogens with zero attached hydrogens (tertiary/aromatic N) is 3. The van der Waals surface area contributed by atoms with Gasteiger partial charge in [0.1, 0.15) is 10.8 Å². The minimum Gasteiger partial charge on any atom is -0.438 e. The van der Waals surface area contributed by atoms with Gasteiger partial charge in [0.25, 0.3) is 11.8 Å². The van der Waals surface area contributed by atoms with Gasteiger partial charge in [-0.15, -0.1) is 0 Å². The van der Waals surface area contributed by atoms with Gasteiger partial charge in [0.05, 0.1) is 5.02 Å². The minimum absolute atomic E-state index is 0.0417. The van der Waals surface area contributed by atoms with E-state index < -0.39 is 23.6 Å². The van der Waals surface area contributed by atoms with E-state index >= 15 is 0 Å². The molecule has 0 saturated carbocycles. The number of ether oxygens (including phenoxy) is 1. The van der Waals surface area contributed by atoms with Gasteiger partial charge in [0, 0.05) is 26.0 Å². The van der Waals surface area contributed by atoms with E-state index in [4.69, 9.17) is 40.2 Å². The molecule has 1 saturated heterocycles. The number of pyridine rings is 1. The quantitative estimate of drug-likeness (QED) is 0.566. The minimum atomic E-state index is -1.51. The number of thiocarbonyl (C=S) groups is 1. The number of aromatic nitrogens is 1. The molecular weight excluding hydrogens is 439 g/mol. The molecule has 1 fully saturated rings. The summed E-state index contributed by atoms with van der Waals surface area (Å²) in [6.07, 6.45) is 1.40. The summed E-state index contributed by atoms with van der Waals surface area (Å²) in [5, 5.41) is 3.21. The van der Waals surface area contributed by atoms with E-state index in [9.17, 15) is 14.4 Å². The smallest absolute Gasteiger partial charge is 0.250 e. The number of anilines is 1. The van der Waals surface area contributed by atoms with Crippen molar-refractivity contribution in [3.05, 3.63) is 46.6 Å². The highest BCUT2D eigenvalue weighted by Crippen LogP contribution is 2.29. The molecule has 1 aliphatic rings. The average molecular weight is 453 g/mol. The number of benzene rings is 1. The number of hydrogen-bond donors (Lipinski definition) is 1. The maximum Gasteiger partial charge on any atom is 0.250 e. The third-order valence-corrected chi connectivity index (χ3v) is 5.13. The second-order valence-corrected chi connectivity index (χ2v) is 7.28. The molecule has 0 aliphatic carbocycles. The van der Waals surface area contributed by atoms with Crippen LogP contribution in [-0.2, 0) is 14.4 Å². The highest BCUT2D eigenvalue weighted by Gasteiger charge is 2.45. The number of carbonyl (C=O) groups excluding carboxylic acids is 3. The maximum absolute atomic E-state index is 12.5. The van der Waals surface area contributed by atoms with Crippen molar-refractivity contribution in [2.45, 2.75) is 0 Å². The Labute approximate surface area is 181 Å². The number of amides is 3. The van der Waals surface area contributed by atoms with Crippen LogP contribution in [0.15, 0.2) is 36.5 Å². The van der Waals surface area contributed by atoms with E-state index in [2.05, 4.69) is 10.3 Å². The summed E-state index contributed by atoms with van der Waals surface area (Å²) in [5.41, 5.74) is 0.372. The zero-order valence-electron chi connectivity index (χ0n) is 15.2. The SMILES string of the molecule is CN1C(=O)C(C(=O)Nc2ccc(Oc3ncc(Cl)cc3Cl)cc2)C(=O)N(C)C1=S. The third-order valence-electron chi connectivity index (χ3n) is 4.10. The van der Waals surface area contributed by atoms with Gasteiger partial charge in [0.15, 0.2) is 11.0 Å². The molecule has 29 heavy (non-hydrogen) atoms. The Morgan fingerprint density at radius 1 is 1.14 bits per heavy atom. The predicted molar refractivity (Wildman–Crippen MR) is 111 cm³/mol. The van der Waals surface area contributed by atoms with Gasteiger partial charge in [-0.05, 0) is 42.5 Å². The van der Waals surface area contributed by atoms with Crippen LogP contribution in [0.5, 0.6) is 11.6 Å². The number of halogens is 2. The van der Waals surface area contributed by atoms with Crippen LogP contribution >= 0.6 is 35.4 Å². The van der Waals surface area contributed by atoms with Crippen LogP contribution in [0.25, 0.3) is 0 Å². The van der Waals surface area contributed by atoms with Crippen molar-refractivity contribution >= 4 is 63.9 Å². The molecule has 150 valence electrons. The van der Waals surface area contributed by atoms with E-state index in [1.807, 2.05) is 0 Å². The molecule has 11 heteroatoms. The van der Waals surface area contributed by atoms with Crippen molar-refractivity contribution in [1.82, 2.24) is 14.8 Å². The molecular formula is C18H14Cl2N4O4S. The third kappa shape index (κ3) is 4.31. The Bertz CT molecular complexity index is 991. The maximum atomic E-state index is 12.5. The molecule has 1 aromatic carbocycles. The van der Waals surface area contributed by atoms with Crippen molar-refractivity contribution < 1.29 is 19.1 Å². The van der Waals surface area contributed by atoms with Crippen LogP contribution in [0.1, 0.15) is 0 Å². The van der Waals surface area contributed by atoms with Gasteiger partial charge < -0.3 is 10.1 Å². The Morgan fingerprint density at radius 3 is 2.28 bits per heavy atom. The van der Waals surface area contributed by atoms with Crippen LogP contribution in [0.3, 0.4) is 0 Å². The van der Waals surface area contributed by atoms with Crippen LogP contribution in [0.2, 0.25) is 10.0 Å². The van der Waals surface area contributed by atoms with Crippen LogP contribution in [-0.4, -0.2) is 51.7 Å². The fourth-order valence-electron chi connectivity index (χ4n) is 2.54. The monoisotopic (exact) mass is 452 g/mol. The molecule has 1 aliphatic heterocycles. The van der Waals surface area contributed by atoms with Crippen LogP contribution in [0.4, 0.5) is 5.69 Å². The predicted octanol–water partition coefficient (Wildman–Crippen LogP) is 2.95. The summed E-state index contributed by atoms with van der Waals surface area (Å²) in [7, 11) is 2.83. The van der Waals surface area contributed by atoms with Crippen molar-refractivity contribution in [3.63, 3.8) is 0 Å². The van der Waals surface area contributed by atoms with Gasteiger partial charge in [-0.1, -0.05) is 23.2 Å². The summed E-state index contributed by atoms with van der Waals surface area (Å²) in [6.45, 7) is 0. The lowest BCUT2D eigenvalue weighted by atomic mass is 10.0. The van der Waals surface area contributed by atoms with E-state index in [0.29, 0.717) is 16.5 Å². The first kappa shape index (κ1) is 21.0. The Morgan fingerprint density at radius 2 is 1.72 bits per heavy atom. The molecule has 2 aromatic rings. The topological polar surface area (TPSA) is 91.8 Å². The van der Waals surface area contributed by atoms with Crippen LogP contribution in [0, 0.1) is 5.92 Å². The zero-order valence-corrected chi connectivity index (χ0v) is 17.5. The molecule has 0 atom stereocenters. The molecule has 0 radical (unpaired) electrons. The molecule has 0 spiro atoms. The molecule has 0 bridgehead atoms. The van der Waals surface area contributed by atoms with E-state index in [1.165, 1.54) is 26.4 Å². The first-order chi connectivity index (χ1) is 13.7. The van der Waals surface area contributed by atoms with E-state index in [1.54, 1.807) is 24.3 Å². The number of hydrogen-bond acceptors (Lipinski definition) is 6. The first-order valence-corrected chi connectivity index (χ1v) is 9.34. The summed E-state index contributed by atoms with van der Waals surface area (Å²) < 4.78 is 5.56. The summed E-state index contributed by atoms with van der Waals surface area (Å²) in [6, 6.07) is 7.73. The molecule has 3 amide bonds. The van der Waals surface area contributed by atoms with E-state index in [-0.39, 0.29) is 16.0 Å². The second-order valence-electron chi connectivity index (χ2n) is 6.07. The lowest BCUT2D eigenvalue weighted by Crippen LogP contribution is -2.59. The molecule has 1 N–H and O–H groups in total. The fraction of sp³-hybridized carbons (Fsp3) is 0.167. The van der Waals surface area contributed by atoms with Gasteiger partial charge in [-0.2, -0.15) is 0 Å². The zero-order chi connectivity index (χ0) is 21.3. The Hall–Kier alpha value is -2.75. The largest absolute Gasteiger partial charge is 0.438 e. The van der Waals surface area contributed by atoms with E-state index in [0.717, 1.165) is 9.80 Å². The molecule has 1 aromatic heterocycles. The molecule has 3 rings (SSSR count). The van der Waals surface area contributed by atoms with Crippen molar-refractivity contribution in [1.29, 1.82) is 0 Å². The molecule has 0 unspecified atom stereocenters. The summed E-state index contributed by atoms with van der Waals surface area (Å²) >= 11 is 16.8. The van der Waals surface area contributed by atoms with Gasteiger partial charge in [-0.25, -0.2) is 4.98 Å². The first-order valence-electron chi connectivity index (χ1n) is 8.18. The highest BCUT2D eigenvalue weighted by atomic mass is 35.5. The highest BCUT2D eigenvalue weighted by molar-refractivity contribution is 7.80. The number of carbonyl (C=O) groups is 3. The lowest BCUT2D eigenvalue weighted by Gasteiger charge is -2.34. The van der Waals surface area contributed by atoms with Crippen molar-refractivity contribution in [3.8, 4) is 11.6 Å². The standard InChI is InChI=1S/C18H14Cl2N4O4S/c1-23-16(26)13(17(27)24(2)18(23)29)14(25)22-10-3-5-11(6-4-10)28-15-12(20)7-9(19)8-21-15/h3-8,13H,1-2H3,(H,22,25). The van der Waals surface area contributed by atoms with Gasteiger partial charge in [0.2, 0.25) is 11.8 Å².